The summed E-state index contributed by atoms with van der Waals surface area (Å²) < 4.78 is 13.3. The second kappa shape index (κ2) is 5.71. The number of carboxylic acids is 1. The molecule has 1 aliphatic carbocycles. The van der Waals surface area contributed by atoms with Gasteiger partial charge in [-0.15, -0.1) is 0 Å². The third kappa shape index (κ3) is 3.32. The van der Waals surface area contributed by atoms with Crippen LogP contribution in [0.25, 0.3) is 0 Å². The van der Waals surface area contributed by atoms with E-state index in [2.05, 4.69) is 10.6 Å². The van der Waals surface area contributed by atoms with Gasteiger partial charge in [-0.05, 0) is 50.5 Å². The summed E-state index contributed by atoms with van der Waals surface area (Å²) in [5.41, 5.74) is 0.0939. The third-order valence-corrected chi connectivity index (χ3v) is 4.05. The topological polar surface area (TPSA) is 78.4 Å². The highest BCUT2D eigenvalue weighted by Gasteiger charge is 2.45. The van der Waals surface area contributed by atoms with Crippen LogP contribution in [0.15, 0.2) is 18.2 Å². The number of aliphatic carboxylic acids is 1. The molecule has 0 saturated heterocycles. The van der Waals surface area contributed by atoms with Crippen molar-refractivity contribution in [3.05, 3.63) is 29.6 Å². The normalized spacial score (nSPS) is 24.6. The number of hydrogen-bond donors (Lipinski definition) is 3. The number of amides is 2. The molecule has 1 fully saturated rings. The quantitative estimate of drug-likeness (QED) is 0.802. The van der Waals surface area contributed by atoms with Crippen LogP contribution in [0.1, 0.15) is 31.7 Å². The molecule has 21 heavy (non-hydrogen) atoms. The number of carboxylic acid groups (broad SMARTS) is 1. The molecule has 0 aliphatic heterocycles. The highest BCUT2D eigenvalue weighted by Crippen LogP contribution is 2.38. The number of halogens is 1. The first-order valence-electron chi connectivity index (χ1n) is 6.89. The number of carbonyl (C=O) groups excluding carboxylic acids is 1. The standard InChI is InChI=1S/C15H19FN2O3/c1-9-6-10(16)8-11(7-9)17-14(21)18-12-4-3-5-15(12,2)13(19)20/h6-8,12H,3-5H2,1-2H3,(H,19,20)(H2,17,18,21). The average molecular weight is 294 g/mol. The molecule has 1 aromatic rings. The Kier molecular flexibility index (Phi) is 4.16. The Morgan fingerprint density at radius 1 is 1.38 bits per heavy atom. The molecule has 2 unspecified atom stereocenters. The minimum Gasteiger partial charge on any atom is -0.481 e. The molecule has 0 aromatic heterocycles. The molecule has 2 rings (SSSR count). The van der Waals surface area contributed by atoms with E-state index in [0.29, 0.717) is 24.1 Å². The molecule has 5 nitrogen and oxygen atoms in total. The summed E-state index contributed by atoms with van der Waals surface area (Å²) in [7, 11) is 0. The number of hydrogen-bond acceptors (Lipinski definition) is 2. The maximum Gasteiger partial charge on any atom is 0.319 e. The van der Waals surface area contributed by atoms with Crippen LogP contribution in [0.2, 0.25) is 0 Å². The van der Waals surface area contributed by atoms with Gasteiger partial charge in [-0.3, -0.25) is 4.79 Å². The Balaban J connectivity index is 2.03. The van der Waals surface area contributed by atoms with Gasteiger partial charge in [0.15, 0.2) is 0 Å². The van der Waals surface area contributed by atoms with Gasteiger partial charge in [0.25, 0.3) is 0 Å². The van der Waals surface area contributed by atoms with Crippen LogP contribution in [0.4, 0.5) is 14.9 Å². The molecular weight excluding hydrogens is 275 g/mol. The van der Waals surface area contributed by atoms with Crippen molar-refractivity contribution in [3.63, 3.8) is 0 Å². The molecule has 2 amide bonds. The van der Waals surface area contributed by atoms with E-state index in [4.69, 9.17) is 0 Å². The van der Waals surface area contributed by atoms with E-state index in [0.717, 1.165) is 6.42 Å². The fourth-order valence-corrected chi connectivity index (χ4v) is 2.79. The number of carbonyl (C=O) groups is 2. The molecule has 1 aromatic carbocycles. The highest BCUT2D eigenvalue weighted by atomic mass is 19.1. The summed E-state index contributed by atoms with van der Waals surface area (Å²) in [5, 5.41) is 14.5. The average Bonchev–Trinajstić information content (AvgIpc) is 2.70. The molecule has 0 spiro atoms. The van der Waals surface area contributed by atoms with Crippen LogP contribution in [0, 0.1) is 18.2 Å². The van der Waals surface area contributed by atoms with Gasteiger partial charge in [0.05, 0.1) is 5.41 Å². The molecule has 0 heterocycles. The lowest BCUT2D eigenvalue weighted by atomic mass is 9.85. The fraction of sp³-hybridized carbons (Fsp3) is 0.467. The predicted octanol–water partition coefficient (Wildman–Crippen LogP) is 2.90. The van der Waals surface area contributed by atoms with E-state index in [1.807, 2.05) is 0 Å². The SMILES string of the molecule is Cc1cc(F)cc(NC(=O)NC2CCCC2(C)C(=O)O)c1. The van der Waals surface area contributed by atoms with Crippen molar-refractivity contribution < 1.29 is 19.1 Å². The van der Waals surface area contributed by atoms with Gasteiger partial charge in [0.2, 0.25) is 0 Å². The van der Waals surface area contributed by atoms with Crippen LogP contribution in [-0.4, -0.2) is 23.1 Å². The smallest absolute Gasteiger partial charge is 0.319 e. The number of nitrogens with one attached hydrogen (secondary N) is 2. The third-order valence-electron chi connectivity index (χ3n) is 4.05. The van der Waals surface area contributed by atoms with E-state index >= 15 is 0 Å². The number of benzene rings is 1. The molecule has 1 aliphatic rings. The number of anilines is 1. The first kappa shape index (κ1) is 15.3. The van der Waals surface area contributed by atoms with Crippen molar-refractivity contribution in [1.82, 2.24) is 5.32 Å². The van der Waals surface area contributed by atoms with Crippen LogP contribution >= 0.6 is 0 Å². The molecule has 2 atom stereocenters. The van der Waals surface area contributed by atoms with Gasteiger partial charge in [-0.2, -0.15) is 0 Å². The Morgan fingerprint density at radius 2 is 2.10 bits per heavy atom. The van der Waals surface area contributed by atoms with Gasteiger partial charge < -0.3 is 15.7 Å². The number of rotatable bonds is 3. The molecule has 1 saturated carbocycles. The summed E-state index contributed by atoms with van der Waals surface area (Å²) in [6.07, 6.45) is 1.91. The van der Waals surface area contributed by atoms with Crippen LogP contribution in [-0.2, 0) is 4.79 Å². The van der Waals surface area contributed by atoms with E-state index < -0.39 is 29.3 Å². The van der Waals surface area contributed by atoms with Gasteiger partial charge in [0, 0.05) is 11.7 Å². The zero-order valence-electron chi connectivity index (χ0n) is 12.1. The number of aryl methyl sites for hydroxylation is 1. The Hall–Kier alpha value is -2.11. The lowest BCUT2D eigenvalue weighted by molar-refractivity contribution is -0.148. The summed E-state index contributed by atoms with van der Waals surface area (Å²) >= 11 is 0. The van der Waals surface area contributed by atoms with Gasteiger partial charge in [0.1, 0.15) is 5.82 Å². The van der Waals surface area contributed by atoms with E-state index in [1.54, 1.807) is 19.9 Å². The minimum absolute atomic E-state index is 0.347. The molecule has 0 bridgehead atoms. The second-order valence-electron chi connectivity index (χ2n) is 5.78. The lowest BCUT2D eigenvalue weighted by Gasteiger charge is -2.27. The zero-order chi connectivity index (χ0) is 15.6. The molecular formula is C15H19FN2O3. The second-order valence-corrected chi connectivity index (χ2v) is 5.78. The van der Waals surface area contributed by atoms with Crippen molar-refractivity contribution in [2.45, 2.75) is 39.2 Å². The highest BCUT2D eigenvalue weighted by molar-refractivity contribution is 5.90. The number of urea groups is 1. The van der Waals surface area contributed by atoms with Crippen molar-refractivity contribution in [1.29, 1.82) is 0 Å². The lowest BCUT2D eigenvalue weighted by Crippen LogP contribution is -2.48. The Labute approximate surface area is 122 Å². The van der Waals surface area contributed by atoms with Gasteiger partial charge >= 0.3 is 12.0 Å². The summed E-state index contributed by atoms with van der Waals surface area (Å²) in [6.45, 7) is 3.37. The fourth-order valence-electron chi connectivity index (χ4n) is 2.79. The summed E-state index contributed by atoms with van der Waals surface area (Å²) in [4.78, 5) is 23.3. The monoisotopic (exact) mass is 294 g/mol. The van der Waals surface area contributed by atoms with E-state index in [1.165, 1.54) is 12.1 Å². The van der Waals surface area contributed by atoms with Gasteiger partial charge in [-0.1, -0.05) is 6.42 Å². The molecule has 3 N–H and O–H groups in total. The summed E-state index contributed by atoms with van der Waals surface area (Å²) in [5.74, 6) is -1.34. The predicted molar refractivity (Wildman–Crippen MR) is 76.7 cm³/mol. The first-order valence-corrected chi connectivity index (χ1v) is 6.89. The zero-order valence-corrected chi connectivity index (χ0v) is 12.1. The summed E-state index contributed by atoms with van der Waals surface area (Å²) in [6, 6.07) is 3.29. The molecule has 6 heteroatoms. The minimum atomic E-state index is -0.949. The van der Waals surface area contributed by atoms with Crippen molar-refractivity contribution >= 4 is 17.7 Å². The van der Waals surface area contributed by atoms with Crippen molar-refractivity contribution in [2.24, 2.45) is 5.41 Å². The Bertz CT molecular complexity index is 556. The molecule has 0 radical (unpaired) electrons. The van der Waals surface area contributed by atoms with Crippen LogP contribution < -0.4 is 10.6 Å². The van der Waals surface area contributed by atoms with Crippen molar-refractivity contribution in [2.75, 3.05) is 5.32 Å². The first-order chi connectivity index (χ1) is 9.81. The van der Waals surface area contributed by atoms with E-state index in [-0.39, 0.29) is 0 Å². The Morgan fingerprint density at radius 3 is 2.71 bits per heavy atom. The van der Waals surface area contributed by atoms with Crippen LogP contribution in [0.5, 0.6) is 0 Å². The van der Waals surface area contributed by atoms with Crippen molar-refractivity contribution in [3.8, 4) is 0 Å². The molecule has 114 valence electrons. The van der Waals surface area contributed by atoms with Crippen LogP contribution in [0.3, 0.4) is 0 Å². The maximum atomic E-state index is 13.3. The maximum absolute atomic E-state index is 13.3. The largest absolute Gasteiger partial charge is 0.481 e. The van der Waals surface area contributed by atoms with E-state index in [9.17, 15) is 19.1 Å². The van der Waals surface area contributed by atoms with Gasteiger partial charge in [-0.25, -0.2) is 9.18 Å².